The fraction of sp³-hybridized carbons (Fsp3) is 0.462. The second-order valence-corrected chi connectivity index (χ2v) is 9.73. The molecule has 3 heterocycles. The number of amides is 1. The molecule has 2 aliphatic heterocycles. The van der Waals surface area contributed by atoms with Crippen molar-refractivity contribution in [2.24, 2.45) is 5.92 Å². The molecule has 1 saturated heterocycles. The molecule has 0 bridgehead atoms. The summed E-state index contributed by atoms with van der Waals surface area (Å²) < 4.78 is 0. The highest BCUT2D eigenvalue weighted by molar-refractivity contribution is 6.43. The highest BCUT2D eigenvalue weighted by atomic mass is 35.5. The number of pyridine rings is 1. The summed E-state index contributed by atoms with van der Waals surface area (Å²) in [6, 6.07) is 9.92. The highest BCUT2D eigenvalue weighted by Crippen LogP contribution is 2.34. The van der Waals surface area contributed by atoms with Crippen LogP contribution in [0.15, 0.2) is 48.8 Å². The molecule has 8 heteroatoms. The van der Waals surface area contributed by atoms with Gasteiger partial charge in [-0.1, -0.05) is 36.2 Å². The maximum absolute atomic E-state index is 13.1. The quantitative estimate of drug-likeness (QED) is 0.580. The molecule has 2 aromatic rings. The molecule has 0 radical (unpaired) electrons. The summed E-state index contributed by atoms with van der Waals surface area (Å²) in [7, 11) is 0. The van der Waals surface area contributed by atoms with E-state index in [4.69, 9.17) is 23.2 Å². The number of piperazine rings is 1. The molecule has 182 valence electrons. The number of aromatic nitrogens is 1. The minimum Gasteiger partial charge on any atom is -0.368 e. The molecule has 1 N–H and O–H groups in total. The van der Waals surface area contributed by atoms with Crippen LogP contribution < -0.4 is 10.2 Å². The molecule has 4 rings (SSSR count). The van der Waals surface area contributed by atoms with Crippen LogP contribution in [0, 0.1) is 5.92 Å². The van der Waals surface area contributed by atoms with E-state index in [0.29, 0.717) is 16.6 Å². The number of anilines is 1. The molecule has 1 amide bonds. The molecule has 34 heavy (non-hydrogen) atoms. The van der Waals surface area contributed by atoms with E-state index in [1.54, 1.807) is 12.4 Å². The predicted octanol–water partition coefficient (Wildman–Crippen LogP) is 4.40. The van der Waals surface area contributed by atoms with Gasteiger partial charge >= 0.3 is 0 Å². The number of carbonyl (C=O) groups is 1. The predicted molar refractivity (Wildman–Crippen MR) is 140 cm³/mol. The molecule has 2 aliphatic rings. The Balaban J connectivity index is 1.28. The number of hydrogen-bond donors (Lipinski definition) is 1. The number of benzene rings is 1. The van der Waals surface area contributed by atoms with Crippen molar-refractivity contribution in [3.63, 3.8) is 0 Å². The zero-order valence-corrected chi connectivity index (χ0v) is 21.4. The first-order chi connectivity index (χ1) is 16.5. The van der Waals surface area contributed by atoms with E-state index in [0.717, 1.165) is 62.6 Å². The summed E-state index contributed by atoms with van der Waals surface area (Å²) in [5.41, 5.74) is 3.24. The second-order valence-electron chi connectivity index (χ2n) is 8.94. The molecule has 6 nitrogen and oxygen atoms in total. The number of nitrogens with zero attached hydrogens (tertiary/aromatic N) is 4. The standard InChI is InChI=1S/C26H33Cl2N5O/c1-3-12-33-19(2)21(18-24(33)20-7-9-29-10-8-20)26(34)30-11-13-31-14-16-32(17-15-31)23-6-4-5-22(27)25(23)28/h4-10,18-19,21H,3,11-17H2,1-2H3,(H,30,34). The van der Waals surface area contributed by atoms with Crippen LogP contribution in [0.5, 0.6) is 0 Å². The van der Waals surface area contributed by atoms with Crippen LogP contribution >= 0.6 is 23.2 Å². The maximum atomic E-state index is 13.1. The Morgan fingerprint density at radius 3 is 2.53 bits per heavy atom. The van der Waals surface area contributed by atoms with E-state index in [1.807, 2.05) is 30.3 Å². The van der Waals surface area contributed by atoms with E-state index in [9.17, 15) is 4.79 Å². The van der Waals surface area contributed by atoms with Crippen molar-refractivity contribution >= 4 is 40.5 Å². The van der Waals surface area contributed by atoms with Crippen molar-refractivity contribution in [3.05, 3.63) is 64.4 Å². The lowest BCUT2D eigenvalue weighted by molar-refractivity contribution is -0.124. The Labute approximate surface area is 212 Å². The summed E-state index contributed by atoms with van der Waals surface area (Å²) in [5, 5.41) is 4.38. The summed E-state index contributed by atoms with van der Waals surface area (Å²) in [6.07, 6.45) is 6.77. The molecule has 2 unspecified atom stereocenters. The van der Waals surface area contributed by atoms with Gasteiger partial charge in [0.25, 0.3) is 0 Å². The third-order valence-electron chi connectivity index (χ3n) is 6.77. The topological polar surface area (TPSA) is 51.7 Å². The lowest BCUT2D eigenvalue weighted by Gasteiger charge is -2.36. The van der Waals surface area contributed by atoms with Crippen molar-refractivity contribution in [2.45, 2.75) is 26.3 Å². The van der Waals surface area contributed by atoms with Gasteiger partial charge in [-0.2, -0.15) is 0 Å². The van der Waals surface area contributed by atoms with Gasteiger partial charge in [0, 0.05) is 75.5 Å². The van der Waals surface area contributed by atoms with E-state index in [1.165, 1.54) is 0 Å². The number of carbonyl (C=O) groups excluding carboxylic acids is 1. The second kappa shape index (κ2) is 11.4. The van der Waals surface area contributed by atoms with Gasteiger partial charge in [0.05, 0.1) is 21.7 Å². The minimum absolute atomic E-state index is 0.0991. The van der Waals surface area contributed by atoms with Crippen LogP contribution in [0.4, 0.5) is 5.69 Å². The van der Waals surface area contributed by atoms with Crippen LogP contribution in [0.3, 0.4) is 0 Å². The first-order valence-corrected chi connectivity index (χ1v) is 12.8. The normalized spacial score (nSPS) is 21.0. The summed E-state index contributed by atoms with van der Waals surface area (Å²) in [6.45, 7) is 10.4. The number of hydrogen-bond acceptors (Lipinski definition) is 5. The monoisotopic (exact) mass is 501 g/mol. The van der Waals surface area contributed by atoms with Gasteiger partial charge in [-0.25, -0.2) is 0 Å². The maximum Gasteiger partial charge on any atom is 0.229 e. The van der Waals surface area contributed by atoms with Gasteiger partial charge in [-0.15, -0.1) is 0 Å². The van der Waals surface area contributed by atoms with Crippen LogP contribution in [0.2, 0.25) is 10.0 Å². The van der Waals surface area contributed by atoms with Crippen LogP contribution in [0.1, 0.15) is 25.8 Å². The summed E-state index contributed by atoms with van der Waals surface area (Å²) in [5.74, 6) is -0.0569. The van der Waals surface area contributed by atoms with Crippen molar-refractivity contribution in [1.82, 2.24) is 20.1 Å². The first kappa shape index (κ1) is 24.8. The first-order valence-electron chi connectivity index (χ1n) is 12.1. The van der Waals surface area contributed by atoms with E-state index in [2.05, 4.69) is 44.9 Å². The van der Waals surface area contributed by atoms with Crippen molar-refractivity contribution in [2.75, 3.05) is 50.7 Å². The molecule has 1 fully saturated rings. The lowest BCUT2D eigenvalue weighted by Crippen LogP contribution is -2.49. The SMILES string of the molecule is CCCN1C(c2ccncc2)=CC(C(=O)NCCN2CCN(c3cccc(Cl)c3Cl)CC2)C1C. The fourth-order valence-electron chi connectivity index (χ4n) is 4.87. The third-order valence-corrected chi connectivity index (χ3v) is 7.58. The number of rotatable bonds is 8. The van der Waals surface area contributed by atoms with Crippen molar-refractivity contribution in [3.8, 4) is 0 Å². The Morgan fingerprint density at radius 1 is 1.09 bits per heavy atom. The van der Waals surface area contributed by atoms with E-state index in [-0.39, 0.29) is 17.9 Å². The average Bonchev–Trinajstić information content (AvgIpc) is 3.18. The Morgan fingerprint density at radius 2 is 1.82 bits per heavy atom. The molecule has 1 aromatic heterocycles. The highest BCUT2D eigenvalue weighted by Gasteiger charge is 2.35. The van der Waals surface area contributed by atoms with Gasteiger partial charge in [0.1, 0.15) is 0 Å². The Hall–Kier alpha value is -2.28. The summed E-state index contributed by atoms with van der Waals surface area (Å²) >= 11 is 12.6. The molecular weight excluding hydrogens is 469 g/mol. The Kier molecular flexibility index (Phi) is 8.35. The average molecular weight is 502 g/mol. The molecule has 0 spiro atoms. The zero-order chi connectivity index (χ0) is 24.1. The largest absolute Gasteiger partial charge is 0.368 e. The van der Waals surface area contributed by atoms with Crippen molar-refractivity contribution in [1.29, 1.82) is 0 Å². The van der Waals surface area contributed by atoms with Crippen LogP contribution in [0.25, 0.3) is 5.70 Å². The van der Waals surface area contributed by atoms with Gasteiger partial charge in [0.15, 0.2) is 0 Å². The van der Waals surface area contributed by atoms with Crippen LogP contribution in [-0.2, 0) is 4.79 Å². The van der Waals surface area contributed by atoms with Crippen molar-refractivity contribution < 1.29 is 4.79 Å². The zero-order valence-electron chi connectivity index (χ0n) is 19.9. The molecule has 2 atom stereocenters. The third kappa shape index (κ3) is 5.51. The number of halogens is 2. The smallest absolute Gasteiger partial charge is 0.229 e. The fourth-order valence-corrected chi connectivity index (χ4v) is 5.28. The van der Waals surface area contributed by atoms with Gasteiger partial charge in [0.2, 0.25) is 5.91 Å². The van der Waals surface area contributed by atoms with E-state index >= 15 is 0 Å². The molecule has 0 saturated carbocycles. The Bertz CT molecular complexity index is 1010. The molecular formula is C26H33Cl2N5O. The van der Waals surface area contributed by atoms with Gasteiger partial charge < -0.3 is 15.1 Å². The summed E-state index contributed by atoms with van der Waals surface area (Å²) in [4.78, 5) is 24.2. The molecule has 1 aromatic carbocycles. The van der Waals surface area contributed by atoms with Crippen LogP contribution in [-0.4, -0.2) is 72.5 Å². The molecule has 0 aliphatic carbocycles. The van der Waals surface area contributed by atoms with E-state index < -0.39 is 0 Å². The minimum atomic E-state index is -0.156. The number of nitrogens with one attached hydrogen (secondary N) is 1. The lowest BCUT2D eigenvalue weighted by atomic mass is 10.0. The van der Waals surface area contributed by atoms with Gasteiger partial charge in [-0.05, 0) is 43.7 Å². The van der Waals surface area contributed by atoms with Gasteiger partial charge in [-0.3, -0.25) is 14.7 Å².